The van der Waals surface area contributed by atoms with Crippen molar-refractivity contribution in [2.45, 2.75) is 284 Å². The molecule has 1 atom stereocenters. The Bertz CT molecular complexity index is 955. The third-order valence-corrected chi connectivity index (χ3v) is 11.7. The van der Waals surface area contributed by atoms with Crippen LogP contribution in [0.4, 0.5) is 0 Å². The molecule has 0 amide bonds. The van der Waals surface area contributed by atoms with Crippen molar-refractivity contribution in [3.8, 4) is 0 Å². The van der Waals surface area contributed by atoms with Crippen molar-refractivity contribution >= 4 is 11.9 Å². The average molecular weight is 843 g/mol. The van der Waals surface area contributed by atoms with Crippen LogP contribution in [0.15, 0.2) is 36.5 Å². The highest BCUT2D eigenvalue weighted by atomic mass is 16.6. The largest absolute Gasteiger partial charge is 0.462 e. The summed E-state index contributed by atoms with van der Waals surface area (Å²) >= 11 is 0. The lowest BCUT2D eigenvalue weighted by molar-refractivity contribution is -0.163. The minimum absolute atomic E-state index is 0.0871. The van der Waals surface area contributed by atoms with Gasteiger partial charge in [0.1, 0.15) is 6.61 Å². The zero-order chi connectivity index (χ0) is 43.5. The molecule has 0 radical (unpaired) electrons. The molecule has 5 heteroatoms. The van der Waals surface area contributed by atoms with Gasteiger partial charge < -0.3 is 14.2 Å². The number of rotatable bonds is 49. The third-order valence-electron chi connectivity index (χ3n) is 11.7. The van der Waals surface area contributed by atoms with Gasteiger partial charge in [-0.25, -0.2) is 0 Å². The predicted molar refractivity (Wildman–Crippen MR) is 261 cm³/mol. The van der Waals surface area contributed by atoms with Gasteiger partial charge in [0.25, 0.3) is 0 Å². The van der Waals surface area contributed by atoms with Crippen molar-refractivity contribution in [2.24, 2.45) is 0 Å². The molecule has 0 aromatic carbocycles. The third kappa shape index (κ3) is 48.8. The van der Waals surface area contributed by atoms with Gasteiger partial charge in [-0.3, -0.25) is 9.59 Å². The summed E-state index contributed by atoms with van der Waals surface area (Å²) in [7, 11) is 0. The average Bonchev–Trinajstić information content (AvgIpc) is 3.25. The minimum Gasteiger partial charge on any atom is -0.462 e. The Balaban J connectivity index is 4.16. The predicted octanol–water partition coefficient (Wildman–Crippen LogP) is 17.8. The van der Waals surface area contributed by atoms with E-state index < -0.39 is 6.10 Å². The van der Waals surface area contributed by atoms with Crippen LogP contribution in [0.1, 0.15) is 278 Å². The molecule has 0 aliphatic rings. The Morgan fingerprint density at radius 2 is 0.700 bits per heavy atom. The second-order valence-electron chi connectivity index (χ2n) is 17.8. The van der Waals surface area contributed by atoms with Gasteiger partial charge in [-0.1, -0.05) is 243 Å². The van der Waals surface area contributed by atoms with E-state index in [1.165, 1.54) is 193 Å². The summed E-state index contributed by atoms with van der Waals surface area (Å²) in [6, 6.07) is 0. The molecule has 5 nitrogen and oxygen atoms in total. The summed E-state index contributed by atoms with van der Waals surface area (Å²) in [6.07, 6.45) is 61.5. The van der Waals surface area contributed by atoms with E-state index in [1.54, 1.807) is 0 Å². The van der Waals surface area contributed by atoms with E-state index in [2.05, 4.69) is 57.2 Å². The Morgan fingerprint density at radius 3 is 1.15 bits per heavy atom. The second-order valence-corrected chi connectivity index (χ2v) is 17.8. The van der Waals surface area contributed by atoms with Gasteiger partial charge in [0, 0.05) is 19.4 Å². The first kappa shape index (κ1) is 58.1. The maximum Gasteiger partial charge on any atom is 0.306 e. The molecule has 60 heavy (non-hydrogen) atoms. The topological polar surface area (TPSA) is 61.8 Å². The van der Waals surface area contributed by atoms with Crippen molar-refractivity contribution in [2.75, 3.05) is 19.8 Å². The first-order chi connectivity index (χ1) is 29.6. The molecule has 0 fully saturated rings. The Labute approximate surface area is 374 Å². The lowest BCUT2D eigenvalue weighted by atomic mass is 10.0. The first-order valence-corrected chi connectivity index (χ1v) is 26.5. The van der Waals surface area contributed by atoms with E-state index in [-0.39, 0.29) is 25.2 Å². The fourth-order valence-corrected chi connectivity index (χ4v) is 7.69. The molecule has 0 aromatic rings. The SMILES string of the molecule is CCCCC/C=C\C/C=C\C/C=C\CCCCCCCCCOCC(COC(=O)CCCCCCCCCCCCCCCCC)OC(=O)CCCCCCCCCCC. The molecule has 0 heterocycles. The smallest absolute Gasteiger partial charge is 0.306 e. The summed E-state index contributed by atoms with van der Waals surface area (Å²) in [5.41, 5.74) is 0. The molecule has 0 aliphatic heterocycles. The summed E-state index contributed by atoms with van der Waals surface area (Å²) in [4.78, 5) is 25.3. The van der Waals surface area contributed by atoms with Crippen LogP contribution in [-0.2, 0) is 23.8 Å². The molecular weight excluding hydrogens is 741 g/mol. The van der Waals surface area contributed by atoms with Crippen LogP contribution in [0.5, 0.6) is 0 Å². The molecule has 352 valence electrons. The molecule has 0 aliphatic carbocycles. The van der Waals surface area contributed by atoms with Crippen LogP contribution in [0.2, 0.25) is 0 Å². The Hall–Kier alpha value is -1.88. The standard InChI is InChI=1S/C55H102O5/c1-4-7-10-13-16-19-21-23-25-26-27-28-29-31-33-35-38-41-44-47-50-58-51-53(60-55(57)49-46-43-40-36-18-15-12-9-6-3)52-59-54(56)48-45-42-39-37-34-32-30-24-22-20-17-14-11-8-5-2/h16,19,23,25,27-28,53H,4-15,17-18,20-22,24,26,29-52H2,1-3H3/b19-16-,25-23-,28-27-. The number of carbonyl (C=O) groups excluding carboxylic acids is 2. The van der Waals surface area contributed by atoms with Gasteiger partial charge in [0.2, 0.25) is 0 Å². The van der Waals surface area contributed by atoms with Gasteiger partial charge in [-0.2, -0.15) is 0 Å². The summed E-state index contributed by atoms with van der Waals surface area (Å²) in [6.45, 7) is 7.81. The number of ether oxygens (including phenoxy) is 3. The Morgan fingerprint density at radius 1 is 0.367 bits per heavy atom. The first-order valence-electron chi connectivity index (χ1n) is 26.5. The maximum absolute atomic E-state index is 12.7. The van der Waals surface area contributed by atoms with Crippen molar-refractivity contribution in [1.29, 1.82) is 0 Å². The van der Waals surface area contributed by atoms with Crippen molar-refractivity contribution in [1.82, 2.24) is 0 Å². The van der Waals surface area contributed by atoms with Crippen molar-refractivity contribution < 1.29 is 23.8 Å². The molecule has 1 unspecified atom stereocenters. The quantitative estimate of drug-likeness (QED) is 0.0347. The molecule has 0 aromatic heterocycles. The van der Waals surface area contributed by atoms with Gasteiger partial charge in [-0.15, -0.1) is 0 Å². The van der Waals surface area contributed by atoms with Crippen molar-refractivity contribution in [3.63, 3.8) is 0 Å². The van der Waals surface area contributed by atoms with E-state index in [0.717, 1.165) is 51.4 Å². The number of hydrogen-bond acceptors (Lipinski definition) is 5. The van der Waals surface area contributed by atoms with Crippen LogP contribution in [0.25, 0.3) is 0 Å². The van der Waals surface area contributed by atoms with E-state index in [4.69, 9.17) is 14.2 Å². The highest BCUT2D eigenvalue weighted by molar-refractivity contribution is 5.70. The fourth-order valence-electron chi connectivity index (χ4n) is 7.69. The number of esters is 2. The number of allylic oxidation sites excluding steroid dienone is 6. The van der Waals surface area contributed by atoms with E-state index in [9.17, 15) is 9.59 Å². The van der Waals surface area contributed by atoms with Crippen molar-refractivity contribution in [3.05, 3.63) is 36.5 Å². The Kier molecular flexibility index (Phi) is 49.9. The van der Waals surface area contributed by atoms with Crippen LogP contribution < -0.4 is 0 Å². The van der Waals surface area contributed by atoms with Crippen LogP contribution >= 0.6 is 0 Å². The lowest BCUT2D eigenvalue weighted by Crippen LogP contribution is -2.30. The van der Waals surface area contributed by atoms with Crippen LogP contribution in [0, 0.1) is 0 Å². The highest BCUT2D eigenvalue weighted by Gasteiger charge is 2.17. The molecule has 0 bridgehead atoms. The van der Waals surface area contributed by atoms with Gasteiger partial charge in [0.15, 0.2) is 6.10 Å². The number of hydrogen-bond donors (Lipinski definition) is 0. The van der Waals surface area contributed by atoms with E-state index in [0.29, 0.717) is 19.4 Å². The molecular formula is C55H102O5. The van der Waals surface area contributed by atoms with Gasteiger partial charge in [-0.05, 0) is 57.8 Å². The number of unbranched alkanes of at least 4 members (excludes halogenated alkanes) is 32. The zero-order valence-corrected chi connectivity index (χ0v) is 40.5. The molecule has 0 N–H and O–H groups in total. The summed E-state index contributed by atoms with van der Waals surface area (Å²) in [5, 5.41) is 0. The lowest BCUT2D eigenvalue weighted by Gasteiger charge is -2.18. The molecule has 0 spiro atoms. The highest BCUT2D eigenvalue weighted by Crippen LogP contribution is 2.16. The minimum atomic E-state index is -0.534. The van der Waals surface area contributed by atoms with Crippen LogP contribution in [0.3, 0.4) is 0 Å². The fraction of sp³-hybridized carbons (Fsp3) is 0.855. The second kappa shape index (κ2) is 51.5. The summed E-state index contributed by atoms with van der Waals surface area (Å²) in [5.74, 6) is -0.390. The van der Waals surface area contributed by atoms with E-state index in [1.807, 2.05) is 0 Å². The van der Waals surface area contributed by atoms with Gasteiger partial charge >= 0.3 is 11.9 Å². The number of carbonyl (C=O) groups is 2. The van der Waals surface area contributed by atoms with Gasteiger partial charge in [0.05, 0.1) is 6.61 Å². The monoisotopic (exact) mass is 843 g/mol. The molecule has 0 saturated carbocycles. The maximum atomic E-state index is 12.7. The zero-order valence-electron chi connectivity index (χ0n) is 40.5. The molecule has 0 rings (SSSR count). The molecule has 0 saturated heterocycles. The normalized spacial score (nSPS) is 12.4. The van der Waals surface area contributed by atoms with Crippen LogP contribution in [-0.4, -0.2) is 37.9 Å². The van der Waals surface area contributed by atoms with E-state index >= 15 is 0 Å². The summed E-state index contributed by atoms with van der Waals surface area (Å²) < 4.78 is 17.4.